The Morgan fingerprint density at radius 2 is 1.45 bits per heavy atom. The maximum atomic E-state index is 5.76. The van der Waals surface area contributed by atoms with Crippen LogP contribution in [0, 0.1) is 0 Å². The van der Waals surface area contributed by atoms with Crippen LogP contribution >= 0.6 is 0 Å². The predicted octanol–water partition coefficient (Wildman–Crippen LogP) is 1.30. The number of benzene rings is 1. The lowest BCUT2D eigenvalue weighted by molar-refractivity contribution is 0.0114. The van der Waals surface area contributed by atoms with Crippen LogP contribution in [0.5, 0.6) is 5.75 Å². The molecule has 0 aliphatic rings. The van der Waals surface area contributed by atoms with E-state index in [1.54, 1.807) is 18.2 Å². The predicted molar refractivity (Wildman–Crippen MR) is 78.9 cm³/mol. The van der Waals surface area contributed by atoms with Crippen LogP contribution in [0.15, 0.2) is 18.2 Å². The van der Waals surface area contributed by atoms with Crippen molar-refractivity contribution in [3.8, 4) is 5.75 Å². The Bertz CT molecular complexity index is 374. The Balaban J connectivity index is 1.97. The molecule has 0 aromatic heterocycles. The first kappa shape index (κ1) is 16.6. The van der Waals surface area contributed by atoms with Crippen LogP contribution in [0.3, 0.4) is 0 Å². The van der Waals surface area contributed by atoms with Crippen molar-refractivity contribution in [3.63, 3.8) is 0 Å². The highest BCUT2D eigenvalue weighted by molar-refractivity contribution is 5.60. The number of nitrogen functional groups attached to an aromatic ring is 2. The summed E-state index contributed by atoms with van der Waals surface area (Å²) in [6, 6.07) is 5.17. The van der Waals surface area contributed by atoms with Crippen LogP contribution in [0.1, 0.15) is 6.92 Å². The molecule has 4 N–H and O–H groups in total. The topological polar surface area (TPSA) is 89.0 Å². The second kappa shape index (κ2) is 10.3. The first-order valence-corrected chi connectivity index (χ1v) is 6.75. The lowest BCUT2D eigenvalue weighted by Gasteiger charge is -2.10. The fourth-order valence-electron chi connectivity index (χ4n) is 1.49. The zero-order valence-electron chi connectivity index (χ0n) is 12.0. The molecule has 0 unspecified atom stereocenters. The lowest BCUT2D eigenvalue weighted by Crippen LogP contribution is -2.13. The van der Waals surface area contributed by atoms with E-state index in [1.165, 1.54) is 0 Å². The highest BCUT2D eigenvalue weighted by atomic mass is 16.6. The van der Waals surface area contributed by atoms with E-state index in [0.717, 1.165) is 0 Å². The molecular weight excluding hydrogens is 260 g/mol. The smallest absolute Gasteiger partial charge is 0.142 e. The third-order valence-electron chi connectivity index (χ3n) is 2.47. The van der Waals surface area contributed by atoms with Gasteiger partial charge in [0.2, 0.25) is 0 Å². The van der Waals surface area contributed by atoms with Crippen LogP contribution in [0.25, 0.3) is 0 Å². The van der Waals surface area contributed by atoms with Crippen LogP contribution in [0.4, 0.5) is 11.4 Å². The molecule has 6 heteroatoms. The summed E-state index contributed by atoms with van der Waals surface area (Å²) < 4.78 is 21.3. The number of hydrogen-bond acceptors (Lipinski definition) is 6. The molecule has 0 saturated heterocycles. The monoisotopic (exact) mass is 284 g/mol. The molecule has 0 aliphatic carbocycles. The van der Waals surface area contributed by atoms with Crippen LogP contribution in [-0.4, -0.2) is 46.2 Å². The number of ether oxygens (including phenoxy) is 4. The molecule has 0 radical (unpaired) electrons. The van der Waals surface area contributed by atoms with E-state index in [0.29, 0.717) is 63.4 Å². The molecule has 0 spiro atoms. The normalized spacial score (nSPS) is 10.7. The van der Waals surface area contributed by atoms with E-state index >= 15 is 0 Å². The van der Waals surface area contributed by atoms with Crippen molar-refractivity contribution in [2.24, 2.45) is 0 Å². The summed E-state index contributed by atoms with van der Waals surface area (Å²) in [7, 11) is 0. The molecule has 0 amide bonds. The van der Waals surface area contributed by atoms with Crippen molar-refractivity contribution in [2.45, 2.75) is 6.92 Å². The van der Waals surface area contributed by atoms with Crippen molar-refractivity contribution in [1.82, 2.24) is 0 Å². The average Bonchev–Trinajstić information content (AvgIpc) is 2.43. The number of rotatable bonds is 11. The minimum absolute atomic E-state index is 0.438. The SMILES string of the molecule is CCOCCOCCOCCOc1ccc(N)cc1N. The van der Waals surface area contributed by atoms with E-state index in [4.69, 9.17) is 30.4 Å². The van der Waals surface area contributed by atoms with Gasteiger partial charge in [-0.2, -0.15) is 0 Å². The average molecular weight is 284 g/mol. The van der Waals surface area contributed by atoms with Gasteiger partial charge in [0.05, 0.1) is 38.7 Å². The largest absolute Gasteiger partial charge is 0.489 e. The van der Waals surface area contributed by atoms with Gasteiger partial charge in [0, 0.05) is 12.3 Å². The quantitative estimate of drug-likeness (QED) is 0.470. The second-order valence-electron chi connectivity index (χ2n) is 4.07. The summed E-state index contributed by atoms with van der Waals surface area (Å²) in [6.07, 6.45) is 0. The van der Waals surface area contributed by atoms with Crippen LogP contribution in [0.2, 0.25) is 0 Å². The Morgan fingerprint density at radius 3 is 2.05 bits per heavy atom. The van der Waals surface area contributed by atoms with Gasteiger partial charge in [0.15, 0.2) is 0 Å². The Hall–Kier alpha value is -1.50. The third-order valence-corrected chi connectivity index (χ3v) is 2.47. The minimum Gasteiger partial charge on any atom is -0.489 e. The molecule has 6 nitrogen and oxygen atoms in total. The minimum atomic E-state index is 0.438. The molecule has 1 aromatic carbocycles. The van der Waals surface area contributed by atoms with Gasteiger partial charge >= 0.3 is 0 Å². The number of anilines is 2. The first-order valence-electron chi connectivity index (χ1n) is 6.75. The fraction of sp³-hybridized carbons (Fsp3) is 0.571. The zero-order valence-corrected chi connectivity index (χ0v) is 12.0. The van der Waals surface area contributed by atoms with E-state index in [1.807, 2.05) is 6.92 Å². The summed E-state index contributed by atoms with van der Waals surface area (Å²) in [5.74, 6) is 0.621. The third kappa shape index (κ3) is 7.18. The van der Waals surface area contributed by atoms with E-state index in [2.05, 4.69) is 0 Å². The van der Waals surface area contributed by atoms with Crippen LogP contribution in [-0.2, 0) is 14.2 Å². The van der Waals surface area contributed by atoms with Gasteiger partial charge < -0.3 is 30.4 Å². The molecule has 0 aliphatic heterocycles. The van der Waals surface area contributed by atoms with Gasteiger partial charge in [-0.3, -0.25) is 0 Å². The molecular formula is C14H24N2O4. The summed E-state index contributed by atoms with van der Waals surface area (Å²) >= 11 is 0. The van der Waals surface area contributed by atoms with Crippen molar-refractivity contribution < 1.29 is 18.9 Å². The van der Waals surface area contributed by atoms with Crippen LogP contribution < -0.4 is 16.2 Å². The van der Waals surface area contributed by atoms with Crippen molar-refractivity contribution in [1.29, 1.82) is 0 Å². The Kier molecular flexibility index (Phi) is 8.53. The van der Waals surface area contributed by atoms with Crippen molar-refractivity contribution >= 4 is 11.4 Å². The maximum absolute atomic E-state index is 5.76. The van der Waals surface area contributed by atoms with Crippen molar-refractivity contribution in [2.75, 3.05) is 57.7 Å². The number of hydrogen-bond donors (Lipinski definition) is 2. The van der Waals surface area contributed by atoms with E-state index < -0.39 is 0 Å². The molecule has 1 aromatic rings. The second-order valence-corrected chi connectivity index (χ2v) is 4.07. The standard InChI is InChI=1S/C14H24N2O4/c1-2-17-5-6-18-7-8-19-9-10-20-14-4-3-12(15)11-13(14)16/h3-4,11H,2,5-10,15-16H2,1H3. The Morgan fingerprint density at radius 1 is 0.850 bits per heavy atom. The molecule has 20 heavy (non-hydrogen) atoms. The molecule has 0 fully saturated rings. The molecule has 0 heterocycles. The summed E-state index contributed by atoms with van der Waals surface area (Å²) in [5.41, 5.74) is 12.5. The first-order chi connectivity index (χ1) is 9.74. The highest BCUT2D eigenvalue weighted by Gasteiger charge is 2.00. The zero-order chi connectivity index (χ0) is 14.6. The molecule has 0 saturated carbocycles. The molecule has 0 atom stereocenters. The van der Waals surface area contributed by atoms with Gasteiger partial charge in [0.1, 0.15) is 12.4 Å². The maximum Gasteiger partial charge on any atom is 0.142 e. The summed E-state index contributed by atoms with van der Waals surface area (Å²) in [6.45, 7) is 5.89. The van der Waals surface area contributed by atoms with E-state index in [9.17, 15) is 0 Å². The molecule has 0 bridgehead atoms. The summed E-state index contributed by atoms with van der Waals surface area (Å²) in [5, 5.41) is 0. The lowest BCUT2D eigenvalue weighted by atomic mass is 10.2. The molecule has 114 valence electrons. The van der Waals surface area contributed by atoms with Gasteiger partial charge in [-0.25, -0.2) is 0 Å². The summed E-state index contributed by atoms with van der Waals surface area (Å²) in [4.78, 5) is 0. The number of nitrogens with two attached hydrogens (primary N) is 2. The Labute approximate surface area is 119 Å². The van der Waals surface area contributed by atoms with Gasteiger partial charge in [-0.1, -0.05) is 0 Å². The molecule has 1 rings (SSSR count). The van der Waals surface area contributed by atoms with Crippen molar-refractivity contribution in [3.05, 3.63) is 18.2 Å². The van der Waals surface area contributed by atoms with Gasteiger partial charge in [-0.15, -0.1) is 0 Å². The van der Waals surface area contributed by atoms with E-state index in [-0.39, 0.29) is 0 Å². The van der Waals surface area contributed by atoms with Gasteiger partial charge in [0.25, 0.3) is 0 Å². The van der Waals surface area contributed by atoms with Gasteiger partial charge in [-0.05, 0) is 25.1 Å². The fourth-order valence-corrected chi connectivity index (χ4v) is 1.49. The highest BCUT2D eigenvalue weighted by Crippen LogP contribution is 2.23.